The molecular formula is C20H17N3O5S2. The van der Waals surface area contributed by atoms with Gasteiger partial charge in [-0.3, -0.25) is 30.1 Å². The minimum Gasteiger partial charge on any atom is -0.507 e. The van der Waals surface area contributed by atoms with Crippen molar-refractivity contribution in [3.05, 3.63) is 64.6 Å². The monoisotopic (exact) mass is 443 g/mol. The second kappa shape index (κ2) is 9.42. The first-order valence-electron chi connectivity index (χ1n) is 8.65. The number of carbonyl (C=O) groups excluding carboxylic acids is 3. The number of phenols is 1. The van der Waals surface area contributed by atoms with Gasteiger partial charge in [0.15, 0.2) is 0 Å². The van der Waals surface area contributed by atoms with Crippen LogP contribution in [0.3, 0.4) is 0 Å². The average molecular weight is 444 g/mol. The van der Waals surface area contributed by atoms with Crippen molar-refractivity contribution in [2.75, 3.05) is 13.7 Å². The van der Waals surface area contributed by atoms with Gasteiger partial charge in [-0.15, -0.1) is 0 Å². The number of phenolic OH excluding ortho intramolecular Hbond substituents is 1. The van der Waals surface area contributed by atoms with E-state index in [4.69, 9.17) is 17.0 Å². The van der Waals surface area contributed by atoms with Crippen LogP contribution in [-0.4, -0.2) is 45.7 Å². The smallest absolute Gasteiger partial charge is 0.273 e. The fourth-order valence-electron chi connectivity index (χ4n) is 2.56. The fraction of sp³-hybridized carbons (Fsp3) is 0.100. The number of ether oxygens (including phenoxy) is 1. The Morgan fingerprint density at radius 3 is 2.70 bits per heavy atom. The fourth-order valence-corrected chi connectivity index (χ4v) is 3.82. The summed E-state index contributed by atoms with van der Waals surface area (Å²) in [6.07, 6.45) is 1.67. The largest absolute Gasteiger partial charge is 0.507 e. The molecule has 30 heavy (non-hydrogen) atoms. The zero-order valence-electron chi connectivity index (χ0n) is 15.7. The van der Waals surface area contributed by atoms with Gasteiger partial charge in [0.1, 0.15) is 22.4 Å². The molecule has 10 heteroatoms. The molecule has 2 aromatic carbocycles. The standard InChI is InChI=1S/C20H17N3O5S2/c1-28-13-6-4-5-12(9-13)10-16-19(27)23(20(29)30-16)11-17(25)21-22-18(26)14-7-2-3-8-15(14)24/h2-10,24H,11H2,1H3,(H,21,25)(H,22,26). The highest BCUT2D eigenvalue weighted by molar-refractivity contribution is 8.26. The quantitative estimate of drug-likeness (QED) is 0.369. The SMILES string of the molecule is COc1cccc(C=C2SC(=S)N(CC(=O)NNC(=O)c3ccccc3O)C2=O)c1. The molecule has 3 rings (SSSR count). The van der Waals surface area contributed by atoms with Crippen LogP contribution in [-0.2, 0) is 9.59 Å². The van der Waals surface area contributed by atoms with Gasteiger partial charge in [0.25, 0.3) is 17.7 Å². The van der Waals surface area contributed by atoms with E-state index < -0.39 is 17.7 Å². The van der Waals surface area contributed by atoms with Crippen molar-refractivity contribution in [3.8, 4) is 11.5 Å². The van der Waals surface area contributed by atoms with E-state index in [1.165, 1.54) is 12.1 Å². The van der Waals surface area contributed by atoms with E-state index in [1.54, 1.807) is 43.5 Å². The van der Waals surface area contributed by atoms with Crippen LogP contribution in [0, 0.1) is 0 Å². The van der Waals surface area contributed by atoms with E-state index in [0.717, 1.165) is 22.2 Å². The zero-order chi connectivity index (χ0) is 21.7. The highest BCUT2D eigenvalue weighted by Gasteiger charge is 2.33. The van der Waals surface area contributed by atoms with Gasteiger partial charge in [0.05, 0.1) is 17.6 Å². The van der Waals surface area contributed by atoms with Crippen molar-refractivity contribution in [2.24, 2.45) is 0 Å². The third-order valence-electron chi connectivity index (χ3n) is 4.03. The number of aromatic hydroxyl groups is 1. The molecule has 0 spiro atoms. The minimum atomic E-state index is -0.690. The van der Waals surface area contributed by atoms with Crippen LogP contribution in [0.2, 0.25) is 0 Å². The molecule has 0 unspecified atom stereocenters. The van der Waals surface area contributed by atoms with Crippen LogP contribution < -0.4 is 15.6 Å². The molecule has 8 nitrogen and oxygen atoms in total. The number of methoxy groups -OCH3 is 1. The predicted molar refractivity (Wildman–Crippen MR) is 117 cm³/mol. The van der Waals surface area contributed by atoms with Gasteiger partial charge in [-0.25, -0.2) is 0 Å². The Morgan fingerprint density at radius 2 is 1.97 bits per heavy atom. The molecule has 3 N–H and O–H groups in total. The van der Waals surface area contributed by atoms with E-state index in [0.29, 0.717) is 10.7 Å². The van der Waals surface area contributed by atoms with Crippen LogP contribution in [0.5, 0.6) is 11.5 Å². The first-order chi connectivity index (χ1) is 14.4. The van der Waals surface area contributed by atoms with Gasteiger partial charge in [-0.05, 0) is 35.9 Å². The number of para-hydroxylation sites is 1. The van der Waals surface area contributed by atoms with E-state index in [9.17, 15) is 19.5 Å². The third-order valence-corrected chi connectivity index (χ3v) is 5.41. The summed E-state index contributed by atoms with van der Waals surface area (Å²) in [6, 6.07) is 13.1. The minimum absolute atomic E-state index is 0.00429. The van der Waals surface area contributed by atoms with Crippen molar-refractivity contribution in [1.29, 1.82) is 0 Å². The maximum atomic E-state index is 12.6. The van der Waals surface area contributed by atoms with Crippen molar-refractivity contribution in [2.45, 2.75) is 0 Å². The number of amides is 3. The summed E-state index contributed by atoms with van der Waals surface area (Å²) in [5.74, 6) is -1.31. The number of carbonyl (C=O) groups is 3. The normalized spacial score (nSPS) is 14.7. The Labute approximate surface area is 181 Å². The third kappa shape index (κ3) is 4.97. The topological polar surface area (TPSA) is 108 Å². The zero-order valence-corrected chi connectivity index (χ0v) is 17.4. The van der Waals surface area contributed by atoms with E-state index in [2.05, 4.69) is 10.9 Å². The summed E-state index contributed by atoms with van der Waals surface area (Å²) in [4.78, 5) is 38.4. The van der Waals surface area contributed by atoms with Gasteiger partial charge >= 0.3 is 0 Å². The van der Waals surface area contributed by atoms with Gasteiger partial charge in [0, 0.05) is 0 Å². The molecule has 1 saturated heterocycles. The maximum absolute atomic E-state index is 12.6. The second-order valence-corrected chi connectivity index (χ2v) is 7.74. The Hall–Kier alpha value is -3.37. The second-order valence-electron chi connectivity index (χ2n) is 6.06. The molecule has 1 aliphatic heterocycles. The van der Waals surface area contributed by atoms with Gasteiger partial charge in [-0.2, -0.15) is 0 Å². The molecule has 0 atom stereocenters. The van der Waals surface area contributed by atoms with Crippen LogP contribution in [0.4, 0.5) is 0 Å². The molecule has 154 valence electrons. The molecule has 3 amide bonds. The number of nitrogens with zero attached hydrogens (tertiary/aromatic N) is 1. The van der Waals surface area contributed by atoms with Crippen LogP contribution >= 0.6 is 24.0 Å². The van der Waals surface area contributed by atoms with Crippen molar-refractivity contribution >= 4 is 52.1 Å². The highest BCUT2D eigenvalue weighted by Crippen LogP contribution is 2.32. The number of hydrogen-bond donors (Lipinski definition) is 3. The summed E-state index contributed by atoms with van der Waals surface area (Å²) >= 11 is 6.29. The molecule has 0 radical (unpaired) electrons. The molecule has 0 aromatic heterocycles. The number of hydrogen-bond acceptors (Lipinski definition) is 7. The first kappa shape index (κ1) is 21.3. The van der Waals surface area contributed by atoms with Crippen molar-refractivity contribution in [3.63, 3.8) is 0 Å². The molecule has 0 aliphatic carbocycles. The Bertz CT molecular complexity index is 1050. The molecular weight excluding hydrogens is 426 g/mol. The van der Waals surface area contributed by atoms with E-state index >= 15 is 0 Å². The van der Waals surface area contributed by atoms with Gasteiger partial charge in [-0.1, -0.05) is 48.2 Å². The molecule has 1 aliphatic rings. The summed E-state index contributed by atoms with van der Waals surface area (Å²) < 4.78 is 5.40. The van der Waals surface area contributed by atoms with Crippen LogP contribution in [0.15, 0.2) is 53.4 Å². The molecule has 1 fully saturated rings. The van der Waals surface area contributed by atoms with E-state index in [1.807, 2.05) is 6.07 Å². The Kier molecular flexibility index (Phi) is 6.70. The van der Waals surface area contributed by atoms with Crippen molar-refractivity contribution < 1.29 is 24.2 Å². The summed E-state index contributed by atoms with van der Waals surface area (Å²) in [5.41, 5.74) is 5.16. The predicted octanol–water partition coefficient (Wildman–Crippen LogP) is 2.06. The first-order valence-corrected chi connectivity index (χ1v) is 9.88. The summed E-state index contributed by atoms with van der Waals surface area (Å²) in [6.45, 7) is -0.360. The van der Waals surface area contributed by atoms with Crippen LogP contribution in [0.1, 0.15) is 15.9 Å². The number of rotatable bonds is 5. The lowest BCUT2D eigenvalue weighted by Gasteiger charge is -2.14. The van der Waals surface area contributed by atoms with E-state index in [-0.39, 0.29) is 22.2 Å². The van der Waals surface area contributed by atoms with Crippen LogP contribution in [0.25, 0.3) is 6.08 Å². The Balaban J connectivity index is 1.61. The number of hydrazine groups is 1. The summed E-state index contributed by atoms with van der Waals surface area (Å²) in [5, 5.41) is 9.67. The lowest BCUT2D eigenvalue weighted by atomic mass is 10.2. The number of benzene rings is 2. The molecule has 2 aromatic rings. The molecule has 1 heterocycles. The number of nitrogens with one attached hydrogen (secondary N) is 2. The lowest BCUT2D eigenvalue weighted by molar-refractivity contribution is -0.129. The number of thiocarbonyl (C=S) groups is 1. The van der Waals surface area contributed by atoms with Crippen molar-refractivity contribution in [1.82, 2.24) is 15.8 Å². The molecule has 0 saturated carbocycles. The highest BCUT2D eigenvalue weighted by atomic mass is 32.2. The maximum Gasteiger partial charge on any atom is 0.273 e. The lowest BCUT2D eigenvalue weighted by Crippen LogP contribution is -2.47. The molecule has 0 bridgehead atoms. The Morgan fingerprint density at radius 1 is 1.20 bits per heavy atom. The van der Waals surface area contributed by atoms with Gasteiger partial charge < -0.3 is 9.84 Å². The number of thioether (sulfide) groups is 1. The van der Waals surface area contributed by atoms with Gasteiger partial charge in [0.2, 0.25) is 0 Å². The average Bonchev–Trinajstić information content (AvgIpc) is 2.99. The summed E-state index contributed by atoms with van der Waals surface area (Å²) in [7, 11) is 1.55.